The number of hydrogen-bond acceptors (Lipinski definition) is 7. The number of rotatable bonds is 5. The third kappa shape index (κ3) is 4.66. The fourth-order valence-electron chi connectivity index (χ4n) is 3.37. The molecule has 3 aromatic carbocycles. The quantitative estimate of drug-likeness (QED) is 0.414. The van der Waals surface area contributed by atoms with Crippen molar-refractivity contribution in [3.05, 3.63) is 72.0 Å². The molecule has 0 fully saturated rings. The molecule has 8 nitrogen and oxygen atoms in total. The van der Waals surface area contributed by atoms with Gasteiger partial charge in [-0.15, -0.1) is 0 Å². The zero-order chi connectivity index (χ0) is 23.7. The number of benzene rings is 3. The lowest BCUT2D eigenvalue weighted by atomic mass is 10.2. The highest BCUT2D eigenvalue weighted by Gasteiger charge is 2.20. The summed E-state index contributed by atoms with van der Waals surface area (Å²) in [6, 6.07) is 14.7. The molecule has 0 saturated heterocycles. The van der Waals surface area contributed by atoms with Crippen LogP contribution in [0.3, 0.4) is 0 Å². The van der Waals surface area contributed by atoms with E-state index in [1.165, 1.54) is 42.5 Å². The summed E-state index contributed by atoms with van der Waals surface area (Å²) in [6.45, 7) is 0.935. The maximum atomic E-state index is 13.4. The fraction of sp³-hybridized carbons (Fsp3) is 0.130. The molecule has 1 aliphatic heterocycles. The van der Waals surface area contributed by atoms with Gasteiger partial charge in [-0.25, -0.2) is 17.8 Å². The Kier molecular flexibility index (Phi) is 5.80. The largest absolute Gasteiger partial charge is 0.490 e. The van der Waals surface area contributed by atoms with Crippen LogP contribution in [-0.4, -0.2) is 32.5 Å². The number of carbonyl (C=O) groups is 1. The van der Waals surface area contributed by atoms with E-state index in [9.17, 15) is 17.6 Å². The van der Waals surface area contributed by atoms with E-state index in [0.29, 0.717) is 46.5 Å². The Balaban J connectivity index is 1.34. The first kappa shape index (κ1) is 22.1. The molecule has 4 aromatic rings. The minimum absolute atomic E-state index is 0.00770. The lowest BCUT2D eigenvalue weighted by Gasteiger charge is -2.12. The fourth-order valence-corrected chi connectivity index (χ4v) is 5.32. The number of thiazole rings is 1. The van der Waals surface area contributed by atoms with Gasteiger partial charge < -0.3 is 9.47 Å². The van der Waals surface area contributed by atoms with Crippen LogP contribution >= 0.6 is 11.3 Å². The topological polar surface area (TPSA) is 107 Å². The van der Waals surface area contributed by atoms with E-state index < -0.39 is 15.9 Å². The number of carbonyl (C=O) groups excluding carboxylic acids is 1. The van der Waals surface area contributed by atoms with Crippen molar-refractivity contribution in [2.24, 2.45) is 0 Å². The lowest BCUT2D eigenvalue weighted by molar-refractivity contribution is 0.102. The Hall–Kier alpha value is -3.70. The molecule has 0 atom stereocenters. The van der Waals surface area contributed by atoms with Gasteiger partial charge in [0, 0.05) is 23.7 Å². The first-order valence-corrected chi connectivity index (χ1v) is 12.6. The zero-order valence-electron chi connectivity index (χ0n) is 17.6. The molecule has 1 aromatic heterocycles. The molecule has 2 N–H and O–H groups in total. The van der Waals surface area contributed by atoms with Crippen LogP contribution in [0.2, 0.25) is 0 Å². The van der Waals surface area contributed by atoms with Crippen LogP contribution < -0.4 is 19.5 Å². The molecular formula is C23H18FN3O5S2. The third-order valence-electron chi connectivity index (χ3n) is 4.98. The van der Waals surface area contributed by atoms with E-state index in [1.807, 2.05) is 0 Å². The average Bonchev–Trinajstić information content (AvgIpc) is 3.04. The van der Waals surface area contributed by atoms with Gasteiger partial charge in [0.05, 0.1) is 28.3 Å². The van der Waals surface area contributed by atoms with Crippen molar-refractivity contribution in [2.75, 3.05) is 23.3 Å². The van der Waals surface area contributed by atoms with Crippen LogP contribution in [0.4, 0.5) is 15.2 Å². The number of ether oxygens (including phenoxy) is 2. The number of halogens is 1. The summed E-state index contributed by atoms with van der Waals surface area (Å²) in [4.78, 5) is 17.0. The van der Waals surface area contributed by atoms with Crippen LogP contribution in [0, 0.1) is 5.82 Å². The predicted molar refractivity (Wildman–Crippen MR) is 127 cm³/mol. The number of fused-ring (bicyclic) bond motifs is 2. The highest BCUT2D eigenvalue weighted by Crippen LogP contribution is 2.32. The molecule has 0 spiro atoms. The molecule has 11 heteroatoms. The summed E-state index contributed by atoms with van der Waals surface area (Å²) in [5.74, 6) is -0.00402. The summed E-state index contributed by atoms with van der Waals surface area (Å²) < 4.78 is 53.5. The molecular weight excluding hydrogens is 481 g/mol. The van der Waals surface area contributed by atoms with Gasteiger partial charge in [0.15, 0.2) is 16.6 Å². The minimum Gasteiger partial charge on any atom is -0.490 e. The van der Waals surface area contributed by atoms with Crippen molar-refractivity contribution in [3.63, 3.8) is 0 Å². The predicted octanol–water partition coefficient (Wildman–Crippen LogP) is 4.65. The zero-order valence-corrected chi connectivity index (χ0v) is 19.2. The minimum atomic E-state index is -3.94. The first-order chi connectivity index (χ1) is 16.4. The normalized spacial score (nSPS) is 13.3. The van der Waals surface area contributed by atoms with Crippen molar-refractivity contribution in [1.29, 1.82) is 0 Å². The highest BCUT2D eigenvalue weighted by molar-refractivity contribution is 7.92. The van der Waals surface area contributed by atoms with E-state index in [1.54, 1.807) is 18.2 Å². The molecule has 0 unspecified atom stereocenters. The van der Waals surface area contributed by atoms with Crippen molar-refractivity contribution in [2.45, 2.75) is 11.3 Å². The van der Waals surface area contributed by atoms with Crippen molar-refractivity contribution >= 4 is 48.3 Å². The van der Waals surface area contributed by atoms with Crippen molar-refractivity contribution in [1.82, 2.24) is 4.98 Å². The number of nitrogens with zero attached hydrogens (tertiary/aromatic N) is 1. The smallest absolute Gasteiger partial charge is 0.262 e. The molecule has 1 amide bonds. The monoisotopic (exact) mass is 499 g/mol. The van der Waals surface area contributed by atoms with Gasteiger partial charge >= 0.3 is 0 Å². The number of aromatic nitrogens is 1. The highest BCUT2D eigenvalue weighted by atomic mass is 32.2. The second-order valence-electron chi connectivity index (χ2n) is 7.43. The number of sulfonamides is 1. The van der Waals surface area contributed by atoms with Crippen LogP contribution in [-0.2, 0) is 10.0 Å². The van der Waals surface area contributed by atoms with E-state index in [4.69, 9.17) is 9.47 Å². The molecule has 174 valence electrons. The summed E-state index contributed by atoms with van der Waals surface area (Å²) in [7, 11) is -3.94. The van der Waals surface area contributed by atoms with Gasteiger partial charge in [-0.2, -0.15) is 0 Å². The van der Waals surface area contributed by atoms with Crippen LogP contribution in [0.1, 0.15) is 16.8 Å². The van der Waals surface area contributed by atoms with E-state index >= 15 is 0 Å². The lowest BCUT2D eigenvalue weighted by Crippen LogP contribution is -2.15. The van der Waals surface area contributed by atoms with Gasteiger partial charge in [-0.05, 0) is 48.5 Å². The first-order valence-electron chi connectivity index (χ1n) is 10.3. The molecule has 0 aliphatic carbocycles. The maximum absolute atomic E-state index is 13.4. The van der Waals surface area contributed by atoms with Crippen molar-refractivity contribution in [3.8, 4) is 11.5 Å². The van der Waals surface area contributed by atoms with Gasteiger partial charge in [-0.1, -0.05) is 17.4 Å². The SMILES string of the molecule is O=C(Nc1nc2ccc(F)cc2s1)c1cccc(NS(=O)(=O)c2ccc3c(c2)OCCCO3)c1. The van der Waals surface area contributed by atoms with Crippen LogP contribution in [0.5, 0.6) is 11.5 Å². The molecule has 1 aliphatic rings. The molecule has 34 heavy (non-hydrogen) atoms. The van der Waals surface area contributed by atoms with Gasteiger partial charge in [0.2, 0.25) is 0 Å². The summed E-state index contributed by atoms with van der Waals surface area (Å²) in [5.41, 5.74) is 1.01. The van der Waals surface area contributed by atoms with E-state index in [0.717, 1.165) is 11.3 Å². The average molecular weight is 500 g/mol. The molecule has 0 saturated carbocycles. The number of amides is 1. The van der Waals surface area contributed by atoms with Crippen LogP contribution in [0.15, 0.2) is 65.6 Å². The second-order valence-corrected chi connectivity index (χ2v) is 10.1. The van der Waals surface area contributed by atoms with E-state index in [-0.39, 0.29) is 22.0 Å². The van der Waals surface area contributed by atoms with Crippen molar-refractivity contribution < 1.29 is 27.1 Å². The Morgan fingerprint density at radius 3 is 2.68 bits per heavy atom. The van der Waals surface area contributed by atoms with Gasteiger partial charge in [0.25, 0.3) is 15.9 Å². The molecule has 2 heterocycles. The standard InChI is InChI=1S/C23H18FN3O5S2/c24-15-5-7-18-21(12-15)33-23(25-18)26-22(28)14-3-1-4-16(11-14)27-34(29,30)17-6-8-19-20(13-17)32-10-2-9-31-19/h1,3-8,11-13,27H,2,9-10H2,(H,25,26,28). The van der Waals surface area contributed by atoms with Gasteiger partial charge in [-0.3, -0.25) is 14.8 Å². The molecule has 0 radical (unpaired) electrons. The maximum Gasteiger partial charge on any atom is 0.262 e. The van der Waals surface area contributed by atoms with Gasteiger partial charge in [0.1, 0.15) is 5.82 Å². The molecule has 5 rings (SSSR count). The Bertz CT molecular complexity index is 1500. The number of hydrogen-bond donors (Lipinski definition) is 2. The van der Waals surface area contributed by atoms with E-state index in [2.05, 4.69) is 15.0 Å². The number of anilines is 2. The Morgan fingerprint density at radius 1 is 1.00 bits per heavy atom. The summed E-state index contributed by atoms with van der Waals surface area (Å²) >= 11 is 1.14. The summed E-state index contributed by atoms with van der Waals surface area (Å²) in [5, 5.41) is 2.98. The molecule has 0 bridgehead atoms. The summed E-state index contributed by atoms with van der Waals surface area (Å²) in [6.07, 6.45) is 0.706. The number of nitrogens with one attached hydrogen (secondary N) is 2. The third-order valence-corrected chi connectivity index (χ3v) is 7.29. The Morgan fingerprint density at radius 2 is 1.82 bits per heavy atom. The Labute approximate surface area is 198 Å². The second kappa shape index (κ2) is 8.92. The van der Waals surface area contributed by atoms with Crippen LogP contribution in [0.25, 0.3) is 10.2 Å².